The highest BCUT2D eigenvalue weighted by Gasteiger charge is 2.63. The van der Waals surface area contributed by atoms with Crippen molar-refractivity contribution < 1.29 is 4.74 Å². The van der Waals surface area contributed by atoms with E-state index in [2.05, 4.69) is 27.7 Å². The molecule has 4 unspecified atom stereocenters. The maximum Gasteiger partial charge on any atom is 0.0722 e. The lowest BCUT2D eigenvalue weighted by Gasteiger charge is -2.27. The van der Waals surface area contributed by atoms with Crippen LogP contribution in [0.25, 0.3) is 0 Å². The highest BCUT2D eigenvalue weighted by atomic mass is 16.5. The van der Waals surface area contributed by atoms with Gasteiger partial charge in [0.05, 0.1) is 11.2 Å². The zero-order valence-electron chi connectivity index (χ0n) is 12.2. The van der Waals surface area contributed by atoms with Crippen LogP contribution in [0.3, 0.4) is 0 Å². The Kier molecular flexibility index (Phi) is 3.87. The summed E-state index contributed by atoms with van der Waals surface area (Å²) >= 11 is 0. The van der Waals surface area contributed by atoms with Crippen LogP contribution >= 0.6 is 0 Å². The Hall–Kier alpha value is -0.0400. The van der Waals surface area contributed by atoms with Crippen LogP contribution in [-0.4, -0.2) is 11.2 Å². The quantitative estimate of drug-likeness (QED) is 0.582. The van der Waals surface area contributed by atoms with E-state index in [1.54, 1.807) is 0 Å². The van der Waals surface area contributed by atoms with E-state index in [1.807, 2.05) is 0 Å². The Morgan fingerprint density at radius 1 is 0.824 bits per heavy atom. The van der Waals surface area contributed by atoms with Crippen molar-refractivity contribution in [1.82, 2.24) is 0 Å². The Labute approximate surface area is 107 Å². The Bertz CT molecular complexity index is 236. The summed E-state index contributed by atoms with van der Waals surface area (Å²) < 4.78 is 6.74. The van der Waals surface area contributed by atoms with Crippen molar-refractivity contribution in [3.63, 3.8) is 0 Å². The smallest absolute Gasteiger partial charge is 0.0722 e. The van der Waals surface area contributed by atoms with E-state index in [-0.39, 0.29) is 0 Å². The fourth-order valence-corrected chi connectivity index (χ4v) is 3.96. The molecule has 0 aliphatic heterocycles. The van der Waals surface area contributed by atoms with Gasteiger partial charge in [0.2, 0.25) is 0 Å². The molecule has 0 N–H and O–H groups in total. The summed E-state index contributed by atoms with van der Waals surface area (Å²) in [4.78, 5) is 0. The highest BCUT2D eigenvalue weighted by molar-refractivity contribution is 5.12. The van der Waals surface area contributed by atoms with Crippen LogP contribution in [0.15, 0.2) is 0 Å². The molecule has 2 fully saturated rings. The first kappa shape index (κ1) is 13.4. The molecule has 4 atom stereocenters. The van der Waals surface area contributed by atoms with E-state index < -0.39 is 0 Å². The van der Waals surface area contributed by atoms with Gasteiger partial charge in [0.25, 0.3) is 0 Å². The second-order valence-electron chi connectivity index (χ2n) is 6.35. The molecule has 0 heterocycles. The van der Waals surface area contributed by atoms with Gasteiger partial charge in [0.1, 0.15) is 0 Å². The predicted octanol–water partition coefficient (Wildman–Crippen LogP) is 4.94. The summed E-state index contributed by atoms with van der Waals surface area (Å²) in [6, 6.07) is 0. The third-order valence-electron chi connectivity index (χ3n) is 5.09. The second kappa shape index (κ2) is 4.91. The van der Waals surface area contributed by atoms with Crippen LogP contribution in [-0.2, 0) is 4.74 Å². The van der Waals surface area contributed by atoms with Crippen LogP contribution in [0.4, 0.5) is 0 Å². The molecule has 0 saturated heterocycles. The maximum atomic E-state index is 6.74. The fourth-order valence-electron chi connectivity index (χ4n) is 3.96. The standard InChI is InChI=1S/C16H30O/c1-5-9-15(11-13(15)7-3)17-16(10-6-2)12-14(16)8-4/h13-14H,5-12H2,1-4H3. The molecule has 2 aliphatic carbocycles. The summed E-state index contributed by atoms with van der Waals surface area (Å²) in [5, 5.41) is 0. The molecule has 2 aliphatic rings. The third-order valence-corrected chi connectivity index (χ3v) is 5.09. The zero-order chi connectivity index (χ0) is 12.5. The van der Waals surface area contributed by atoms with Crippen LogP contribution in [0.2, 0.25) is 0 Å². The molecule has 0 spiro atoms. The molecule has 2 rings (SSSR count). The maximum absolute atomic E-state index is 6.74. The van der Waals surface area contributed by atoms with Gasteiger partial charge >= 0.3 is 0 Å². The van der Waals surface area contributed by atoms with Gasteiger partial charge in [-0.25, -0.2) is 0 Å². The van der Waals surface area contributed by atoms with Gasteiger partial charge in [-0.1, -0.05) is 53.4 Å². The molecule has 0 radical (unpaired) electrons. The number of rotatable bonds is 8. The summed E-state index contributed by atoms with van der Waals surface area (Å²) in [7, 11) is 0. The zero-order valence-corrected chi connectivity index (χ0v) is 12.2. The predicted molar refractivity (Wildman–Crippen MR) is 73.2 cm³/mol. The molecule has 1 heteroatoms. The van der Waals surface area contributed by atoms with E-state index in [0.29, 0.717) is 11.2 Å². The molecule has 0 aromatic heterocycles. The van der Waals surface area contributed by atoms with E-state index >= 15 is 0 Å². The molecular formula is C16H30O. The molecule has 1 nitrogen and oxygen atoms in total. The van der Waals surface area contributed by atoms with Crippen molar-refractivity contribution in [3.8, 4) is 0 Å². The van der Waals surface area contributed by atoms with Crippen molar-refractivity contribution in [2.45, 2.75) is 90.3 Å². The average Bonchev–Trinajstić information content (AvgIpc) is 3.17. The minimum atomic E-state index is 0.294. The lowest BCUT2D eigenvalue weighted by atomic mass is 10.1. The summed E-state index contributed by atoms with van der Waals surface area (Å²) in [5.41, 5.74) is 0.588. The molecular weight excluding hydrogens is 208 g/mol. The van der Waals surface area contributed by atoms with Crippen molar-refractivity contribution >= 4 is 0 Å². The summed E-state index contributed by atoms with van der Waals surface area (Å²) in [6.07, 6.45) is 10.4. The van der Waals surface area contributed by atoms with E-state index in [4.69, 9.17) is 4.74 Å². The van der Waals surface area contributed by atoms with Gasteiger partial charge in [-0.15, -0.1) is 0 Å². The van der Waals surface area contributed by atoms with Crippen LogP contribution in [0, 0.1) is 11.8 Å². The molecule has 0 aromatic rings. The number of hydrogen-bond acceptors (Lipinski definition) is 1. The van der Waals surface area contributed by atoms with Gasteiger partial charge in [-0.2, -0.15) is 0 Å². The fraction of sp³-hybridized carbons (Fsp3) is 1.00. The van der Waals surface area contributed by atoms with Gasteiger partial charge in [0.15, 0.2) is 0 Å². The molecule has 0 bridgehead atoms. The van der Waals surface area contributed by atoms with E-state index in [1.165, 1.54) is 51.4 Å². The Balaban J connectivity index is 1.98. The average molecular weight is 238 g/mol. The van der Waals surface area contributed by atoms with Crippen LogP contribution in [0.5, 0.6) is 0 Å². The lowest BCUT2D eigenvalue weighted by Crippen LogP contribution is -2.28. The third kappa shape index (κ3) is 2.41. The molecule has 0 aromatic carbocycles. The van der Waals surface area contributed by atoms with Crippen molar-refractivity contribution in [2.24, 2.45) is 11.8 Å². The second-order valence-corrected chi connectivity index (χ2v) is 6.35. The number of hydrogen-bond donors (Lipinski definition) is 0. The highest BCUT2D eigenvalue weighted by Crippen LogP contribution is 2.62. The Morgan fingerprint density at radius 3 is 1.47 bits per heavy atom. The number of ether oxygens (including phenoxy) is 1. The molecule has 0 amide bonds. The molecule has 17 heavy (non-hydrogen) atoms. The normalized spacial score (nSPS) is 43.8. The molecule has 2 saturated carbocycles. The monoisotopic (exact) mass is 238 g/mol. The van der Waals surface area contributed by atoms with Crippen LogP contribution in [0.1, 0.15) is 79.1 Å². The minimum Gasteiger partial charge on any atom is -0.368 e. The first-order valence-corrected chi connectivity index (χ1v) is 7.86. The molecule has 100 valence electrons. The van der Waals surface area contributed by atoms with Gasteiger partial charge in [0, 0.05) is 0 Å². The van der Waals surface area contributed by atoms with E-state index in [0.717, 1.165) is 11.8 Å². The topological polar surface area (TPSA) is 9.23 Å². The first-order chi connectivity index (χ1) is 8.16. The van der Waals surface area contributed by atoms with E-state index in [9.17, 15) is 0 Å². The van der Waals surface area contributed by atoms with Gasteiger partial charge in [-0.05, 0) is 37.5 Å². The SMILES string of the molecule is CCCC1(OC2(CCC)CC2CC)CC1CC. The van der Waals surface area contributed by atoms with Crippen molar-refractivity contribution in [1.29, 1.82) is 0 Å². The Morgan fingerprint density at radius 2 is 1.24 bits per heavy atom. The summed E-state index contributed by atoms with van der Waals surface area (Å²) in [5.74, 6) is 1.71. The largest absolute Gasteiger partial charge is 0.368 e. The van der Waals surface area contributed by atoms with Gasteiger partial charge in [-0.3, -0.25) is 0 Å². The van der Waals surface area contributed by atoms with Crippen LogP contribution < -0.4 is 0 Å². The summed E-state index contributed by atoms with van der Waals surface area (Å²) in [6.45, 7) is 9.24. The van der Waals surface area contributed by atoms with Gasteiger partial charge < -0.3 is 4.74 Å². The van der Waals surface area contributed by atoms with Crippen molar-refractivity contribution in [3.05, 3.63) is 0 Å². The lowest BCUT2D eigenvalue weighted by molar-refractivity contribution is -0.0746. The first-order valence-electron chi connectivity index (χ1n) is 7.86. The minimum absolute atomic E-state index is 0.294. The van der Waals surface area contributed by atoms with Crippen molar-refractivity contribution in [2.75, 3.05) is 0 Å².